The van der Waals surface area contributed by atoms with Gasteiger partial charge in [0.05, 0.1) is 0 Å². The molecule has 0 saturated heterocycles. The van der Waals surface area contributed by atoms with Crippen molar-refractivity contribution in [3.05, 3.63) is 0 Å². The maximum Gasteiger partial charge on any atom is 2.00 e. The van der Waals surface area contributed by atoms with E-state index in [0.717, 1.165) is 0 Å². The van der Waals surface area contributed by atoms with Crippen LogP contribution in [0.1, 0.15) is 0 Å². The van der Waals surface area contributed by atoms with Crippen molar-refractivity contribution < 1.29 is 77.2 Å². The first-order valence-electron chi connectivity index (χ1n) is 0.612. The van der Waals surface area contributed by atoms with Gasteiger partial charge in [0.1, 0.15) is 0 Å². The Bertz CT molecular complexity index is 35.2. The molecule has 0 bridgehead atoms. The van der Waals surface area contributed by atoms with E-state index in [-0.39, 0.29) is 62.2 Å². The first-order chi connectivity index (χ1) is 1.73. The van der Waals surface area contributed by atoms with Crippen molar-refractivity contribution in [1.82, 2.24) is 0 Å². The van der Waals surface area contributed by atoms with Crippen LogP contribution in [0.25, 0.3) is 0 Å². The fourth-order valence-electron chi connectivity index (χ4n) is 0. The fourth-order valence-corrected chi connectivity index (χ4v) is 0. The van der Waals surface area contributed by atoms with E-state index >= 15 is 0 Å². The van der Waals surface area contributed by atoms with E-state index in [4.69, 9.17) is 15.0 Å². The van der Waals surface area contributed by atoms with Crippen LogP contribution in [-0.4, -0.2) is 17.1 Å². The van der Waals surface area contributed by atoms with Crippen molar-refractivity contribution in [2.45, 2.75) is 0 Å². The van der Waals surface area contributed by atoms with Crippen molar-refractivity contribution in [3.8, 4) is 0 Å². The van der Waals surface area contributed by atoms with Crippen LogP contribution >= 0.6 is 0 Å². The second kappa shape index (κ2) is 37.4. The summed E-state index contributed by atoms with van der Waals surface area (Å²) in [4.78, 5) is 8.33. The van der Waals surface area contributed by atoms with Gasteiger partial charge in [-0.15, -0.1) is 0 Å². The molecule has 0 aromatic rings. The van der Waals surface area contributed by atoms with Crippen LogP contribution in [0.5, 0.6) is 0 Å². The third-order valence-corrected chi connectivity index (χ3v) is 0. The predicted octanol–water partition coefficient (Wildman–Crippen LogP) is -2.81. The average molecular weight is 285 g/mol. The van der Waals surface area contributed by atoms with Crippen molar-refractivity contribution >= 4 is 6.16 Å². The van der Waals surface area contributed by atoms with Crippen LogP contribution < -0.4 is 10.2 Å². The molecule has 0 spiro atoms. The van der Waals surface area contributed by atoms with Gasteiger partial charge in [-0.3, -0.25) is 0 Å². The van der Waals surface area contributed by atoms with E-state index in [1.165, 1.54) is 0 Å². The molecule has 0 aromatic heterocycles. The minimum Gasteiger partial charge on any atom is -0.870 e. The van der Waals surface area contributed by atoms with Gasteiger partial charge in [0.2, 0.25) is 0 Å². The Labute approximate surface area is 83.2 Å². The second-order valence-corrected chi connectivity index (χ2v) is 0.250. The molecule has 0 aliphatic heterocycles. The van der Waals surface area contributed by atoms with Gasteiger partial charge in [-0.25, -0.2) is 0 Å². The Morgan fingerprint density at radius 1 is 1.00 bits per heavy atom. The van der Waals surface area contributed by atoms with Crippen molar-refractivity contribution in [3.63, 3.8) is 0 Å². The van der Waals surface area contributed by atoms with Gasteiger partial charge < -0.3 is 26.0 Å². The molecule has 0 unspecified atom stereocenters. The number of hydrogen-bond acceptors (Lipinski definition) is 5. The Morgan fingerprint density at radius 2 is 1.00 bits per heavy atom. The zero-order valence-corrected chi connectivity index (χ0v) is 6.35. The second-order valence-electron chi connectivity index (χ2n) is 0.250. The van der Waals surface area contributed by atoms with E-state index in [1.54, 1.807) is 0 Å². The first-order valence-corrected chi connectivity index (χ1v) is 0.612. The molecule has 2 N–H and O–H groups in total. The molecule has 9 heavy (non-hydrogen) atoms. The zero-order valence-electron chi connectivity index (χ0n) is 3.52. The molecule has 0 amide bonds. The first kappa shape index (κ1) is 53.1. The van der Waals surface area contributed by atoms with E-state index in [0.29, 0.717) is 0 Å². The maximum absolute atomic E-state index is 8.33. The zero-order chi connectivity index (χ0) is 3.58. The summed E-state index contributed by atoms with van der Waals surface area (Å²) in [5.41, 5.74) is 0. The van der Waals surface area contributed by atoms with Gasteiger partial charge in [-0.1, -0.05) is 0 Å². The van der Waals surface area contributed by atoms with Crippen molar-refractivity contribution in [2.24, 2.45) is 0 Å². The number of carbonyl (C=O) groups excluding carboxylic acids is 1. The number of carbonyl (C=O) groups is 1. The van der Waals surface area contributed by atoms with Gasteiger partial charge in [0, 0.05) is 17.1 Å². The van der Waals surface area contributed by atoms with Crippen LogP contribution in [0.4, 0.5) is 4.79 Å². The van der Waals surface area contributed by atoms with Crippen LogP contribution in [0.15, 0.2) is 0 Å². The predicted molar refractivity (Wildman–Crippen MR) is 9.27 cm³/mol. The van der Waals surface area contributed by atoms with E-state index in [9.17, 15) is 0 Å². The molecule has 0 atom stereocenters. The fraction of sp³-hybridized carbons (Fsp3) is 0. The third kappa shape index (κ3) is 711. The minimum atomic E-state index is -2.33. The standard InChI is InChI=1S/CH2O3.3Cu.2H2O/c2-1(3)4;;;;;/h(H2,2,3,4);;;;2*1H2/q;;2*+2;;/p-4. The van der Waals surface area contributed by atoms with Gasteiger partial charge in [-0.2, -0.15) is 0 Å². The summed E-state index contributed by atoms with van der Waals surface area (Å²) >= 11 is 0. The van der Waals surface area contributed by atoms with Crippen molar-refractivity contribution in [2.75, 3.05) is 0 Å². The van der Waals surface area contributed by atoms with E-state index in [2.05, 4.69) is 0 Å². The largest absolute Gasteiger partial charge is 2.00 e. The van der Waals surface area contributed by atoms with Crippen LogP contribution in [0.3, 0.4) is 0 Å². The quantitative estimate of drug-likeness (QED) is 0.444. The molecular weight excluding hydrogens is 283 g/mol. The molecule has 0 aliphatic rings. The molecule has 0 aliphatic carbocycles. The maximum atomic E-state index is 8.33. The Kier molecular flexibility index (Phi) is 221. The Hall–Kier alpha value is 0.748. The van der Waals surface area contributed by atoms with Gasteiger partial charge >= 0.3 is 34.1 Å². The average Bonchev–Trinajstić information content (AvgIpc) is 0.811. The summed E-state index contributed by atoms with van der Waals surface area (Å²) in [6.45, 7) is 0. The van der Waals surface area contributed by atoms with Crippen LogP contribution in [0.2, 0.25) is 0 Å². The Morgan fingerprint density at radius 3 is 1.00 bits per heavy atom. The monoisotopic (exact) mass is 283 g/mol. The summed E-state index contributed by atoms with van der Waals surface area (Å²) in [5.74, 6) is 0. The van der Waals surface area contributed by atoms with Crippen LogP contribution in [-0.2, 0) is 51.2 Å². The molecule has 69 valence electrons. The van der Waals surface area contributed by atoms with E-state index < -0.39 is 6.16 Å². The molecule has 3 radical (unpaired) electrons. The SMILES string of the molecule is O=C([O-])[O-].[Cu+2].[Cu+2].[Cu].[OH-].[OH-]. The van der Waals surface area contributed by atoms with Gasteiger partial charge in [0.15, 0.2) is 0 Å². The van der Waals surface area contributed by atoms with Gasteiger partial charge in [0.25, 0.3) is 0 Å². The van der Waals surface area contributed by atoms with Gasteiger partial charge in [-0.05, 0) is 6.16 Å². The number of rotatable bonds is 0. The molecule has 8 heteroatoms. The smallest absolute Gasteiger partial charge is 0.870 e. The minimum absolute atomic E-state index is 0. The molecule has 0 rings (SSSR count). The molecule has 0 heterocycles. The molecule has 5 nitrogen and oxygen atoms in total. The molecular formula is CH2Cu3O5. The molecule has 0 aromatic carbocycles. The summed E-state index contributed by atoms with van der Waals surface area (Å²) in [7, 11) is 0. The topological polar surface area (TPSA) is 123 Å². The number of carboxylic acid groups (broad SMARTS) is 2. The molecule has 0 saturated carbocycles. The summed E-state index contributed by atoms with van der Waals surface area (Å²) in [6.07, 6.45) is -2.33. The van der Waals surface area contributed by atoms with Crippen LogP contribution in [0, 0.1) is 0 Å². The van der Waals surface area contributed by atoms with E-state index in [1.807, 2.05) is 0 Å². The third-order valence-electron chi connectivity index (χ3n) is 0. The number of hydrogen-bond donors (Lipinski definition) is 0. The van der Waals surface area contributed by atoms with Crippen molar-refractivity contribution in [1.29, 1.82) is 0 Å². The Balaban J connectivity index is -0.00000000450. The summed E-state index contributed by atoms with van der Waals surface area (Å²) in [5, 5.41) is 16.7. The summed E-state index contributed by atoms with van der Waals surface area (Å²) in [6, 6.07) is 0. The normalized spacial score (nSPS) is 2.67. The summed E-state index contributed by atoms with van der Waals surface area (Å²) < 4.78 is 0. The molecule has 0 fully saturated rings.